The Morgan fingerprint density at radius 1 is 1.26 bits per heavy atom. The minimum absolute atomic E-state index is 0.00145. The Labute approximate surface area is 111 Å². The summed E-state index contributed by atoms with van der Waals surface area (Å²) in [4.78, 5) is 24.7. The van der Waals surface area contributed by atoms with E-state index in [4.69, 9.17) is 5.11 Å². The first kappa shape index (κ1) is 13.5. The topological polar surface area (TPSA) is 77.8 Å². The SMILES string of the molecule is CCCC1(O)CN(C(=O)c2ccccc2C(=O)O)C1. The number of carbonyl (C=O) groups excluding carboxylic acids is 1. The van der Waals surface area contributed by atoms with E-state index in [-0.39, 0.29) is 30.1 Å². The molecule has 2 rings (SSSR count). The number of aromatic carboxylic acids is 1. The maximum atomic E-state index is 12.2. The van der Waals surface area contributed by atoms with Crippen molar-refractivity contribution in [2.24, 2.45) is 0 Å². The first-order valence-electron chi connectivity index (χ1n) is 6.31. The van der Waals surface area contributed by atoms with Crippen molar-refractivity contribution in [3.8, 4) is 0 Å². The maximum Gasteiger partial charge on any atom is 0.336 e. The molecule has 0 bridgehead atoms. The van der Waals surface area contributed by atoms with Crippen molar-refractivity contribution in [1.29, 1.82) is 0 Å². The predicted molar refractivity (Wildman–Crippen MR) is 69.2 cm³/mol. The standard InChI is InChI=1S/C14H17NO4/c1-2-7-14(19)8-15(9-14)12(16)10-5-3-4-6-11(10)13(17)18/h3-6,19H,2,7-9H2,1H3,(H,17,18). The molecular formula is C14H17NO4. The Balaban J connectivity index is 2.13. The minimum atomic E-state index is -1.12. The van der Waals surface area contributed by atoms with Gasteiger partial charge in [-0.05, 0) is 18.6 Å². The highest BCUT2D eigenvalue weighted by Crippen LogP contribution is 2.27. The molecule has 1 aliphatic heterocycles. The number of carbonyl (C=O) groups is 2. The molecule has 0 unspecified atom stereocenters. The number of likely N-dealkylation sites (tertiary alicyclic amines) is 1. The fraction of sp³-hybridized carbons (Fsp3) is 0.429. The van der Waals surface area contributed by atoms with Gasteiger partial charge in [-0.15, -0.1) is 0 Å². The molecule has 19 heavy (non-hydrogen) atoms. The number of β-amino-alcohol motifs (C(OH)–C–C–N with tert-alkyl or cyclic N) is 1. The van der Waals surface area contributed by atoms with E-state index in [0.29, 0.717) is 6.42 Å². The van der Waals surface area contributed by atoms with E-state index in [2.05, 4.69) is 0 Å². The van der Waals surface area contributed by atoms with Crippen molar-refractivity contribution in [3.63, 3.8) is 0 Å². The second kappa shape index (κ2) is 5.01. The van der Waals surface area contributed by atoms with Crippen LogP contribution in [0.4, 0.5) is 0 Å². The van der Waals surface area contributed by atoms with Crippen LogP contribution >= 0.6 is 0 Å². The van der Waals surface area contributed by atoms with Crippen LogP contribution in [0.2, 0.25) is 0 Å². The van der Waals surface area contributed by atoms with Crippen molar-refractivity contribution in [2.45, 2.75) is 25.4 Å². The largest absolute Gasteiger partial charge is 0.478 e. The summed E-state index contributed by atoms with van der Waals surface area (Å²) in [5, 5.41) is 19.1. The van der Waals surface area contributed by atoms with Gasteiger partial charge in [-0.1, -0.05) is 25.5 Å². The van der Waals surface area contributed by atoms with E-state index in [1.807, 2.05) is 6.92 Å². The Hall–Kier alpha value is -1.88. The third-order valence-electron chi connectivity index (χ3n) is 3.36. The van der Waals surface area contributed by atoms with Gasteiger partial charge in [-0.2, -0.15) is 0 Å². The summed E-state index contributed by atoms with van der Waals surface area (Å²) < 4.78 is 0. The number of hydrogen-bond acceptors (Lipinski definition) is 3. The minimum Gasteiger partial charge on any atom is -0.478 e. The summed E-state index contributed by atoms with van der Waals surface area (Å²) in [7, 11) is 0. The van der Waals surface area contributed by atoms with E-state index >= 15 is 0 Å². The number of aliphatic hydroxyl groups is 1. The third kappa shape index (κ3) is 2.61. The molecule has 0 aliphatic carbocycles. The van der Waals surface area contributed by atoms with Crippen molar-refractivity contribution in [1.82, 2.24) is 4.90 Å². The Bertz CT molecular complexity index is 506. The van der Waals surface area contributed by atoms with Crippen LogP contribution < -0.4 is 0 Å². The quantitative estimate of drug-likeness (QED) is 0.860. The zero-order chi connectivity index (χ0) is 14.0. The van der Waals surface area contributed by atoms with Gasteiger partial charge in [0.15, 0.2) is 0 Å². The molecule has 0 radical (unpaired) electrons. The van der Waals surface area contributed by atoms with Gasteiger partial charge in [0, 0.05) is 0 Å². The molecule has 2 N–H and O–H groups in total. The van der Waals surface area contributed by atoms with Gasteiger partial charge < -0.3 is 15.1 Å². The summed E-state index contributed by atoms with van der Waals surface area (Å²) in [5.74, 6) is -1.45. The molecule has 1 aliphatic rings. The number of benzene rings is 1. The monoisotopic (exact) mass is 263 g/mol. The predicted octanol–water partition coefficient (Wildman–Crippen LogP) is 1.37. The number of amides is 1. The van der Waals surface area contributed by atoms with Crippen molar-refractivity contribution in [3.05, 3.63) is 35.4 Å². The van der Waals surface area contributed by atoms with Crippen LogP contribution in [0, 0.1) is 0 Å². The molecule has 0 atom stereocenters. The zero-order valence-electron chi connectivity index (χ0n) is 10.8. The fourth-order valence-corrected chi connectivity index (χ4v) is 2.46. The smallest absolute Gasteiger partial charge is 0.336 e. The summed E-state index contributed by atoms with van der Waals surface area (Å²) >= 11 is 0. The lowest BCUT2D eigenvalue weighted by Crippen LogP contribution is -2.63. The van der Waals surface area contributed by atoms with Crippen molar-refractivity contribution >= 4 is 11.9 Å². The molecule has 102 valence electrons. The van der Waals surface area contributed by atoms with Crippen LogP contribution in [-0.4, -0.2) is 45.7 Å². The highest BCUT2D eigenvalue weighted by molar-refractivity contribution is 6.05. The highest BCUT2D eigenvalue weighted by atomic mass is 16.4. The molecular weight excluding hydrogens is 246 g/mol. The van der Waals surface area contributed by atoms with Crippen LogP contribution in [0.15, 0.2) is 24.3 Å². The average molecular weight is 263 g/mol. The van der Waals surface area contributed by atoms with Gasteiger partial charge in [-0.3, -0.25) is 4.79 Å². The fourth-order valence-electron chi connectivity index (χ4n) is 2.46. The van der Waals surface area contributed by atoms with E-state index in [1.165, 1.54) is 17.0 Å². The molecule has 1 amide bonds. The molecule has 0 saturated carbocycles. The van der Waals surface area contributed by atoms with E-state index < -0.39 is 11.6 Å². The average Bonchev–Trinajstić information content (AvgIpc) is 2.35. The molecule has 0 aromatic heterocycles. The van der Waals surface area contributed by atoms with Crippen molar-refractivity contribution in [2.75, 3.05) is 13.1 Å². The molecule has 5 nitrogen and oxygen atoms in total. The summed E-state index contributed by atoms with van der Waals surface area (Å²) in [6.07, 6.45) is 1.50. The Morgan fingerprint density at radius 3 is 2.37 bits per heavy atom. The van der Waals surface area contributed by atoms with Gasteiger partial charge in [0.05, 0.1) is 29.8 Å². The Kier molecular flexibility index (Phi) is 3.57. The van der Waals surface area contributed by atoms with Crippen LogP contribution in [0.5, 0.6) is 0 Å². The van der Waals surface area contributed by atoms with E-state index in [0.717, 1.165) is 6.42 Å². The molecule has 1 aromatic carbocycles. The number of hydrogen-bond donors (Lipinski definition) is 2. The van der Waals surface area contributed by atoms with Gasteiger partial charge in [-0.25, -0.2) is 4.79 Å². The second-order valence-corrected chi connectivity index (χ2v) is 4.99. The van der Waals surface area contributed by atoms with Gasteiger partial charge in [0.2, 0.25) is 0 Å². The van der Waals surface area contributed by atoms with Crippen LogP contribution in [0.1, 0.15) is 40.5 Å². The number of carboxylic acids is 1. The lowest BCUT2D eigenvalue weighted by atomic mass is 9.88. The number of nitrogens with zero attached hydrogens (tertiary/aromatic N) is 1. The van der Waals surface area contributed by atoms with E-state index in [9.17, 15) is 14.7 Å². The summed E-state index contributed by atoms with van der Waals surface area (Å²) in [6.45, 7) is 2.52. The maximum absolute atomic E-state index is 12.2. The van der Waals surface area contributed by atoms with Gasteiger partial charge in [0.25, 0.3) is 5.91 Å². The first-order valence-corrected chi connectivity index (χ1v) is 6.31. The molecule has 5 heteroatoms. The number of carboxylic acid groups (broad SMARTS) is 1. The number of rotatable bonds is 4. The summed E-state index contributed by atoms with van der Waals surface area (Å²) in [5.41, 5.74) is -0.630. The zero-order valence-corrected chi connectivity index (χ0v) is 10.8. The Morgan fingerprint density at radius 2 is 1.84 bits per heavy atom. The second-order valence-electron chi connectivity index (χ2n) is 4.99. The summed E-state index contributed by atoms with van der Waals surface area (Å²) in [6, 6.07) is 6.14. The van der Waals surface area contributed by atoms with Crippen LogP contribution in [-0.2, 0) is 0 Å². The molecule has 1 saturated heterocycles. The molecule has 1 heterocycles. The van der Waals surface area contributed by atoms with E-state index in [1.54, 1.807) is 12.1 Å². The van der Waals surface area contributed by atoms with Crippen LogP contribution in [0.25, 0.3) is 0 Å². The normalized spacial score (nSPS) is 16.8. The third-order valence-corrected chi connectivity index (χ3v) is 3.36. The first-order chi connectivity index (χ1) is 8.97. The molecule has 0 spiro atoms. The molecule has 1 aromatic rings. The van der Waals surface area contributed by atoms with Gasteiger partial charge in [0.1, 0.15) is 0 Å². The molecule has 1 fully saturated rings. The van der Waals surface area contributed by atoms with Gasteiger partial charge >= 0.3 is 5.97 Å². The lowest BCUT2D eigenvalue weighted by molar-refractivity contribution is -0.0860. The highest BCUT2D eigenvalue weighted by Gasteiger charge is 2.43. The van der Waals surface area contributed by atoms with Crippen molar-refractivity contribution < 1.29 is 19.8 Å². The van der Waals surface area contributed by atoms with Crippen LogP contribution in [0.3, 0.4) is 0 Å². The lowest BCUT2D eigenvalue weighted by Gasteiger charge is -2.46.